The Morgan fingerprint density at radius 1 is 1.16 bits per heavy atom. The fraction of sp³-hybridized carbons (Fsp3) is 0.381. The molecule has 1 saturated heterocycles. The third kappa shape index (κ3) is 4.67. The van der Waals surface area contributed by atoms with E-state index in [4.69, 9.17) is 14.2 Å². The second-order valence-electron chi connectivity index (χ2n) is 7.24. The average molecular weight is 448 g/mol. The number of ether oxygens (including phenoxy) is 3. The van der Waals surface area contributed by atoms with Crippen molar-refractivity contribution in [3.8, 4) is 0 Å². The van der Waals surface area contributed by atoms with Crippen molar-refractivity contribution in [2.75, 3.05) is 6.61 Å². The average Bonchev–Trinajstić information content (AvgIpc) is 3.11. The summed E-state index contributed by atoms with van der Waals surface area (Å²) in [5.41, 5.74) is -1.97. The van der Waals surface area contributed by atoms with Crippen LogP contribution in [0, 0.1) is 12.7 Å². The highest BCUT2D eigenvalue weighted by molar-refractivity contribution is 5.97. The Bertz CT molecular complexity index is 1190. The monoisotopic (exact) mass is 448 g/mol. The smallest absolute Gasteiger partial charge is 0.340 e. The van der Waals surface area contributed by atoms with Gasteiger partial charge in [-0.05, 0) is 18.6 Å². The van der Waals surface area contributed by atoms with Crippen molar-refractivity contribution in [3.05, 3.63) is 68.2 Å². The van der Waals surface area contributed by atoms with E-state index >= 15 is 0 Å². The van der Waals surface area contributed by atoms with E-state index in [0.29, 0.717) is 11.8 Å². The maximum atomic E-state index is 14.5. The van der Waals surface area contributed by atoms with Gasteiger partial charge in [0.15, 0.2) is 0 Å². The van der Waals surface area contributed by atoms with Gasteiger partial charge in [0, 0.05) is 25.8 Å². The van der Waals surface area contributed by atoms with E-state index in [9.17, 15) is 28.4 Å². The zero-order chi connectivity index (χ0) is 23.6. The lowest BCUT2D eigenvalue weighted by atomic mass is 10.1. The molecule has 32 heavy (non-hydrogen) atoms. The van der Waals surface area contributed by atoms with Crippen LogP contribution in [0.1, 0.15) is 42.4 Å². The van der Waals surface area contributed by atoms with E-state index in [-0.39, 0.29) is 23.2 Å². The van der Waals surface area contributed by atoms with Crippen LogP contribution in [0.2, 0.25) is 0 Å². The molecule has 0 bridgehead atoms. The van der Waals surface area contributed by atoms with Crippen LogP contribution >= 0.6 is 0 Å². The van der Waals surface area contributed by atoms with Gasteiger partial charge < -0.3 is 14.2 Å². The Hall–Kier alpha value is -3.60. The number of hydrogen-bond donors (Lipinski definition) is 0. The zero-order valence-electron chi connectivity index (χ0n) is 17.6. The fourth-order valence-electron chi connectivity index (χ4n) is 3.42. The zero-order valence-corrected chi connectivity index (χ0v) is 17.6. The quantitative estimate of drug-likeness (QED) is 0.619. The lowest BCUT2D eigenvalue weighted by Gasteiger charge is -2.18. The molecule has 1 aliphatic heterocycles. The van der Waals surface area contributed by atoms with Gasteiger partial charge in [0.25, 0.3) is 11.5 Å². The molecule has 11 heteroatoms. The van der Waals surface area contributed by atoms with Crippen LogP contribution in [0.3, 0.4) is 0 Å². The molecule has 3 rings (SSSR count). The summed E-state index contributed by atoms with van der Waals surface area (Å²) >= 11 is 0. The minimum atomic E-state index is -1.40. The summed E-state index contributed by atoms with van der Waals surface area (Å²) in [5, 5.41) is 0. The summed E-state index contributed by atoms with van der Waals surface area (Å²) in [6.07, 6.45) is -2.48. The van der Waals surface area contributed by atoms with Crippen molar-refractivity contribution in [3.63, 3.8) is 0 Å². The molecule has 170 valence electrons. The van der Waals surface area contributed by atoms with Crippen LogP contribution in [-0.4, -0.2) is 45.8 Å². The first-order chi connectivity index (χ1) is 15.1. The van der Waals surface area contributed by atoms with E-state index in [1.165, 1.54) is 19.9 Å². The molecule has 1 unspecified atom stereocenters. The Morgan fingerprint density at radius 2 is 1.84 bits per heavy atom. The van der Waals surface area contributed by atoms with Gasteiger partial charge in [-0.15, -0.1) is 0 Å². The largest absolute Gasteiger partial charge is 0.463 e. The van der Waals surface area contributed by atoms with Crippen LogP contribution < -0.4 is 11.2 Å². The summed E-state index contributed by atoms with van der Waals surface area (Å²) in [6.45, 7) is 3.69. The van der Waals surface area contributed by atoms with Gasteiger partial charge in [0.2, 0.25) is 5.82 Å². The maximum Gasteiger partial charge on any atom is 0.340 e. The second-order valence-corrected chi connectivity index (χ2v) is 7.24. The SMILES string of the molecule is CC(=O)OC[C@@H]1O[C@H](n2cc(F)c(=O)n(C(=O)c3ccccc3C)c2=O)CC1OC(C)=O. The lowest BCUT2D eigenvalue weighted by molar-refractivity contribution is -0.155. The van der Waals surface area contributed by atoms with Gasteiger partial charge in [0.1, 0.15) is 25.0 Å². The van der Waals surface area contributed by atoms with Crippen LogP contribution in [0.4, 0.5) is 4.39 Å². The maximum absolute atomic E-state index is 14.5. The van der Waals surface area contributed by atoms with E-state index in [0.717, 1.165) is 4.57 Å². The van der Waals surface area contributed by atoms with Crippen molar-refractivity contribution < 1.29 is 33.0 Å². The predicted octanol–water partition coefficient (Wildman–Crippen LogP) is 0.928. The molecule has 1 aromatic carbocycles. The summed E-state index contributed by atoms with van der Waals surface area (Å²) < 4.78 is 31.1. The first kappa shape index (κ1) is 23.1. The molecule has 1 aliphatic rings. The topological polar surface area (TPSA) is 123 Å². The molecule has 1 fully saturated rings. The number of aryl methyl sites for hydroxylation is 1. The van der Waals surface area contributed by atoms with Gasteiger partial charge >= 0.3 is 17.6 Å². The highest BCUT2D eigenvalue weighted by Crippen LogP contribution is 2.30. The molecule has 2 aromatic rings. The first-order valence-corrected chi connectivity index (χ1v) is 9.70. The Kier molecular flexibility index (Phi) is 6.68. The van der Waals surface area contributed by atoms with Crippen LogP contribution in [0.15, 0.2) is 40.1 Å². The second kappa shape index (κ2) is 9.27. The predicted molar refractivity (Wildman–Crippen MR) is 107 cm³/mol. The lowest BCUT2D eigenvalue weighted by Crippen LogP contribution is -2.46. The van der Waals surface area contributed by atoms with Gasteiger partial charge in [-0.2, -0.15) is 8.96 Å². The summed E-state index contributed by atoms with van der Waals surface area (Å²) in [5.74, 6) is -3.57. The van der Waals surface area contributed by atoms with E-state index in [2.05, 4.69) is 0 Å². The third-order valence-electron chi connectivity index (χ3n) is 4.91. The highest BCUT2D eigenvalue weighted by Gasteiger charge is 2.40. The number of aromatic nitrogens is 2. The van der Waals surface area contributed by atoms with Crippen LogP contribution in [0.5, 0.6) is 0 Å². The Morgan fingerprint density at radius 3 is 2.47 bits per heavy atom. The molecule has 2 heterocycles. The van der Waals surface area contributed by atoms with E-state index in [1.54, 1.807) is 25.1 Å². The van der Waals surface area contributed by atoms with Gasteiger partial charge in [-0.1, -0.05) is 18.2 Å². The van der Waals surface area contributed by atoms with Crippen molar-refractivity contribution in [2.45, 2.75) is 45.6 Å². The van der Waals surface area contributed by atoms with Crippen molar-refractivity contribution in [1.29, 1.82) is 0 Å². The first-order valence-electron chi connectivity index (χ1n) is 9.70. The molecular formula is C21H21FN2O8. The van der Waals surface area contributed by atoms with Crippen molar-refractivity contribution in [1.82, 2.24) is 9.13 Å². The molecule has 0 aliphatic carbocycles. The molecule has 0 saturated carbocycles. The minimum absolute atomic E-state index is 0.0571. The minimum Gasteiger partial charge on any atom is -0.463 e. The molecule has 3 atom stereocenters. The number of halogens is 1. The number of carbonyl (C=O) groups excluding carboxylic acids is 3. The summed E-state index contributed by atoms with van der Waals surface area (Å²) in [4.78, 5) is 60.8. The standard InChI is InChI=1S/C21H21FN2O8/c1-11-6-4-5-7-14(11)19(27)24-20(28)15(22)9-23(21(24)29)18-8-16(31-13(3)26)17(32-18)10-30-12(2)25/h4-7,9,16-18H,8,10H2,1-3H3/t16?,17-,18-/m0/s1. The molecular weight excluding hydrogens is 427 g/mol. The number of hydrogen-bond acceptors (Lipinski definition) is 8. The molecule has 1 aromatic heterocycles. The molecule has 0 N–H and O–H groups in total. The number of nitrogens with zero attached hydrogens (tertiary/aromatic N) is 2. The van der Waals surface area contributed by atoms with Crippen LogP contribution in [-0.2, 0) is 23.8 Å². The highest BCUT2D eigenvalue weighted by atomic mass is 19.1. The Labute approximate surface area is 181 Å². The Balaban J connectivity index is 2.01. The number of benzene rings is 1. The normalized spacial score (nSPS) is 20.1. The van der Waals surface area contributed by atoms with Gasteiger partial charge in [-0.25, -0.2) is 4.79 Å². The van der Waals surface area contributed by atoms with E-state index < -0.39 is 53.3 Å². The number of esters is 2. The van der Waals surface area contributed by atoms with E-state index in [1.807, 2.05) is 0 Å². The summed E-state index contributed by atoms with van der Waals surface area (Å²) in [7, 11) is 0. The van der Waals surface area contributed by atoms with Gasteiger partial charge in [-0.3, -0.25) is 23.7 Å². The van der Waals surface area contributed by atoms with Gasteiger partial charge in [0.05, 0.1) is 6.20 Å². The number of carbonyl (C=O) groups is 3. The molecule has 0 radical (unpaired) electrons. The summed E-state index contributed by atoms with van der Waals surface area (Å²) in [6, 6.07) is 6.24. The third-order valence-corrected chi connectivity index (χ3v) is 4.91. The molecule has 0 amide bonds. The van der Waals surface area contributed by atoms with Crippen molar-refractivity contribution >= 4 is 17.8 Å². The van der Waals surface area contributed by atoms with Crippen LogP contribution in [0.25, 0.3) is 0 Å². The fourth-order valence-corrected chi connectivity index (χ4v) is 3.42. The molecule has 0 spiro atoms. The molecule has 10 nitrogen and oxygen atoms in total. The number of rotatable bonds is 5. The van der Waals surface area contributed by atoms with Crippen molar-refractivity contribution in [2.24, 2.45) is 0 Å².